The van der Waals surface area contributed by atoms with Crippen molar-refractivity contribution >= 4 is 34.8 Å². The Hall–Kier alpha value is -2.66. The number of hydrogen-bond acceptors (Lipinski definition) is 3. The lowest BCUT2D eigenvalue weighted by Crippen LogP contribution is -2.19. The fraction of sp³-hybridized carbons (Fsp3) is 0.211. The van der Waals surface area contributed by atoms with E-state index in [9.17, 15) is 9.59 Å². The Bertz CT molecular complexity index is 844. The number of halogens is 1. The van der Waals surface area contributed by atoms with Crippen LogP contribution in [0.2, 0.25) is 5.02 Å². The summed E-state index contributed by atoms with van der Waals surface area (Å²) in [6.45, 7) is 1.79. The minimum absolute atomic E-state index is 0.0565. The lowest BCUT2D eigenvalue weighted by Gasteiger charge is -2.07. The number of carbonyl (C=O) groups excluding carboxylic acids is 2. The van der Waals surface area contributed by atoms with Gasteiger partial charge in [-0.25, -0.2) is 5.43 Å². The highest BCUT2D eigenvalue weighted by atomic mass is 35.5. The van der Waals surface area contributed by atoms with Gasteiger partial charge in [0.05, 0.1) is 5.71 Å². The second-order valence-corrected chi connectivity index (χ2v) is 6.43. The van der Waals surface area contributed by atoms with Crippen LogP contribution in [0.1, 0.15) is 35.7 Å². The van der Waals surface area contributed by atoms with Crippen molar-refractivity contribution in [3.63, 3.8) is 0 Å². The maximum absolute atomic E-state index is 12.1. The Morgan fingerprint density at radius 2 is 1.80 bits per heavy atom. The summed E-state index contributed by atoms with van der Waals surface area (Å²) in [4.78, 5) is 23.9. The molecule has 6 heteroatoms. The van der Waals surface area contributed by atoms with E-state index >= 15 is 0 Å². The van der Waals surface area contributed by atoms with E-state index < -0.39 is 0 Å². The highest BCUT2D eigenvalue weighted by Crippen LogP contribution is 2.30. The van der Waals surface area contributed by atoms with Crippen molar-refractivity contribution in [2.45, 2.75) is 19.8 Å². The van der Waals surface area contributed by atoms with Gasteiger partial charge in [-0.05, 0) is 55.7 Å². The first kappa shape index (κ1) is 17.2. The van der Waals surface area contributed by atoms with E-state index in [0.29, 0.717) is 16.3 Å². The molecule has 0 unspecified atom stereocenters. The summed E-state index contributed by atoms with van der Waals surface area (Å²) >= 11 is 5.88. The number of amides is 2. The van der Waals surface area contributed by atoms with Gasteiger partial charge >= 0.3 is 0 Å². The molecule has 1 fully saturated rings. The van der Waals surface area contributed by atoms with Crippen molar-refractivity contribution in [1.82, 2.24) is 5.43 Å². The number of anilines is 1. The minimum atomic E-state index is -0.333. The molecule has 0 spiro atoms. The monoisotopic (exact) mass is 355 g/mol. The zero-order chi connectivity index (χ0) is 17.8. The van der Waals surface area contributed by atoms with Crippen molar-refractivity contribution in [2.75, 3.05) is 5.32 Å². The van der Waals surface area contributed by atoms with Gasteiger partial charge in [-0.15, -0.1) is 0 Å². The number of hydrogen-bond donors (Lipinski definition) is 2. The summed E-state index contributed by atoms with van der Waals surface area (Å²) in [6.07, 6.45) is 1.92. The number of rotatable bonds is 5. The molecule has 1 saturated carbocycles. The molecule has 1 aliphatic carbocycles. The van der Waals surface area contributed by atoms with E-state index in [-0.39, 0.29) is 17.7 Å². The molecule has 0 atom stereocenters. The van der Waals surface area contributed by atoms with E-state index in [4.69, 9.17) is 11.6 Å². The number of carbonyl (C=O) groups is 2. The normalized spacial score (nSPS) is 14.1. The van der Waals surface area contributed by atoms with E-state index in [1.54, 1.807) is 31.2 Å². The number of nitrogens with zero attached hydrogens (tertiary/aromatic N) is 1. The predicted molar refractivity (Wildman–Crippen MR) is 98.9 cm³/mol. The van der Waals surface area contributed by atoms with Crippen LogP contribution >= 0.6 is 11.6 Å². The Kier molecular flexibility index (Phi) is 5.14. The molecule has 5 nitrogen and oxygen atoms in total. The second kappa shape index (κ2) is 7.49. The van der Waals surface area contributed by atoms with E-state index in [2.05, 4.69) is 15.8 Å². The van der Waals surface area contributed by atoms with E-state index in [0.717, 1.165) is 24.1 Å². The zero-order valence-electron chi connectivity index (χ0n) is 13.8. The first-order valence-electron chi connectivity index (χ1n) is 8.04. The lowest BCUT2D eigenvalue weighted by atomic mass is 10.1. The molecule has 128 valence electrons. The topological polar surface area (TPSA) is 70.6 Å². The zero-order valence-corrected chi connectivity index (χ0v) is 14.5. The molecule has 2 aromatic carbocycles. The maximum Gasteiger partial charge on any atom is 0.271 e. The molecule has 0 saturated heterocycles. The summed E-state index contributed by atoms with van der Waals surface area (Å²) in [5, 5.41) is 7.52. The van der Waals surface area contributed by atoms with Crippen LogP contribution in [0.4, 0.5) is 5.69 Å². The van der Waals surface area contributed by atoms with Crippen LogP contribution in [0.3, 0.4) is 0 Å². The average Bonchev–Trinajstić information content (AvgIpc) is 3.44. The fourth-order valence-electron chi connectivity index (χ4n) is 2.31. The van der Waals surface area contributed by atoms with Gasteiger partial charge in [-0.2, -0.15) is 5.10 Å². The summed E-state index contributed by atoms with van der Waals surface area (Å²) in [5.74, 6) is -0.128. The van der Waals surface area contributed by atoms with Crippen LogP contribution in [0.15, 0.2) is 53.6 Å². The van der Waals surface area contributed by atoms with Gasteiger partial charge in [0, 0.05) is 22.2 Å². The third-order valence-electron chi connectivity index (χ3n) is 3.91. The van der Waals surface area contributed by atoms with Crippen LogP contribution in [0.25, 0.3) is 0 Å². The predicted octanol–water partition coefficient (Wildman–Crippen LogP) is 3.84. The largest absolute Gasteiger partial charge is 0.326 e. The average molecular weight is 356 g/mol. The highest BCUT2D eigenvalue weighted by molar-refractivity contribution is 6.31. The lowest BCUT2D eigenvalue weighted by molar-refractivity contribution is -0.117. The number of benzene rings is 2. The van der Waals surface area contributed by atoms with Crippen LogP contribution in [-0.2, 0) is 4.79 Å². The van der Waals surface area contributed by atoms with Crippen molar-refractivity contribution < 1.29 is 9.59 Å². The van der Waals surface area contributed by atoms with Gasteiger partial charge in [-0.3, -0.25) is 9.59 Å². The third-order valence-corrected chi connectivity index (χ3v) is 4.14. The molecule has 0 aromatic heterocycles. The number of hydrazone groups is 1. The maximum atomic E-state index is 12.1. The number of nitrogens with one attached hydrogen (secondary N) is 2. The summed E-state index contributed by atoms with van der Waals surface area (Å²) in [5.41, 5.74) is 5.14. The second-order valence-electron chi connectivity index (χ2n) is 5.99. The Balaban J connectivity index is 1.67. The molecule has 2 N–H and O–H groups in total. The van der Waals surface area contributed by atoms with Crippen LogP contribution in [0, 0.1) is 5.92 Å². The van der Waals surface area contributed by atoms with Gasteiger partial charge < -0.3 is 5.32 Å². The molecule has 0 radical (unpaired) electrons. The van der Waals surface area contributed by atoms with Crippen molar-refractivity contribution in [2.24, 2.45) is 11.0 Å². The molecule has 0 bridgehead atoms. The molecular weight excluding hydrogens is 338 g/mol. The summed E-state index contributed by atoms with van der Waals surface area (Å²) in [7, 11) is 0. The van der Waals surface area contributed by atoms with Crippen LogP contribution < -0.4 is 10.7 Å². The summed E-state index contributed by atoms with van der Waals surface area (Å²) < 4.78 is 0. The first-order valence-corrected chi connectivity index (χ1v) is 8.42. The standard InChI is InChI=1S/C19H18ClN3O2/c1-12(22-23-19(25)15-5-2-6-16(20)10-15)14-4-3-7-17(11-14)21-18(24)13-8-9-13/h2-7,10-11,13H,8-9H2,1H3,(H,21,24)(H,23,25)/b22-12+. The molecule has 0 aliphatic heterocycles. The van der Waals surface area contributed by atoms with Crippen LogP contribution in [-0.4, -0.2) is 17.5 Å². The molecular formula is C19H18ClN3O2. The van der Waals surface area contributed by atoms with Gasteiger partial charge in [-0.1, -0.05) is 29.8 Å². The van der Waals surface area contributed by atoms with E-state index in [1.807, 2.05) is 24.3 Å². The molecule has 2 amide bonds. The third kappa shape index (κ3) is 4.67. The van der Waals surface area contributed by atoms with E-state index in [1.165, 1.54) is 0 Å². The fourth-order valence-corrected chi connectivity index (χ4v) is 2.50. The Morgan fingerprint density at radius 3 is 2.52 bits per heavy atom. The van der Waals surface area contributed by atoms with Crippen LogP contribution in [0.5, 0.6) is 0 Å². The summed E-state index contributed by atoms with van der Waals surface area (Å²) in [6, 6.07) is 14.0. The molecule has 25 heavy (non-hydrogen) atoms. The first-order chi connectivity index (χ1) is 12.0. The Morgan fingerprint density at radius 1 is 1.08 bits per heavy atom. The van der Waals surface area contributed by atoms with Crippen molar-refractivity contribution in [1.29, 1.82) is 0 Å². The van der Waals surface area contributed by atoms with Crippen molar-refractivity contribution in [3.8, 4) is 0 Å². The Labute approximate surface area is 151 Å². The van der Waals surface area contributed by atoms with Gasteiger partial charge in [0.25, 0.3) is 5.91 Å². The minimum Gasteiger partial charge on any atom is -0.326 e. The molecule has 0 heterocycles. The van der Waals surface area contributed by atoms with Gasteiger partial charge in [0.15, 0.2) is 0 Å². The molecule has 2 aromatic rings. The smallest absolute Gasteiger partial charge is 0.271 e. The quantitative estimate of drug-likeness (QED) is 0.631. The SMILES string of the molecule is C/C(=N\NC(=O)c1cccc(Cl)c1)c1cccc(NC(=O)C2CC2)c1. The van der Waals surface area contributed by atoms with Crippen molar-refractivity contribution in [3.05, 3.63) is 64.7 Å². The molecule has 3 rings (SSSR count). The molecule has 1 aliphatic rings. The van der Waals surface area contributed by atoms with Gasteiger partial charge in [0.2, 0.25) is 5.91 Å². The van der Waals surface area contributed by atoms with Gasteiger partial charge in [0.1, 0.15) is 0 Å². The highest BCUT2D eigenvalue weighted by Gasteiger charge is 2.29.